The molecule has 4 rings (SSSR count). The Labute approximate surface area is 189 Å². The third-order valence-corrected chi connectivity index (χ3v) is 4.73. The molecule has 0 bridgehead atoms. The summed E-state index contributed by atoms with van der Waals surface area (Å²) in [6, 6.07) is 20.0. The second-order valence-corrected chi connectivity index (χ2v) is 7.07. The minimum Gasteiger partial charge on any atom is -0.462 e. The van der Waals surface area contributed by atoms with Crippen LogP contribution < -0.4 is 14.9 Å². The summed E-state index contributed by atoms with van der Waals surface area (Å²) in [6.45, 7) is 2.01. The van der Waals surface area contributed by atoms with Gasteiger partial charge in [-0.3, -0.25) is 9.59 Å². The van der Waals surface area contributed by atoms with E-state index in [0.717, 1.165) is 5.56 Å². The number of hydrogen-bond acceptors (Lipinski definition) is 7. The average molecular weight is 444 g/mol. The summed E-state index contributed by atoms with van der Waals surface area (Å²) >= 11 is 0. The molecule has 0 saturated heterocycles. The molecular weight excluding hydrogens is 424 g/mol. The first-order valence-corrected chi connectivity index (χ1v) is 10.3. The summed E-state index contributed by atoms with van der Waals surface area (Å²) in [7, 11) is 0. The molecule has 0 aliphatic rings. The maximum atomic E-state index is 12.8. The molecule has 166 valence electrons. The van der Waals surface area contributed by atoms with E-state index in [2.05, 4.69) is 0 Å². The topological polar surface area (TPSA) is 92.0 Å². The maximum Gasteiger partial charge on any atom is 0.338 e. The number of carbonyl (C=O) groups excluding carboxylic acids is 2. The highest BCUT2D eigenvalue weighted by Gasteiger charge is 2.13. The molecule has 0 amide bonds. The minimum atomic E-state index is -0.436. The van der Waals surface area contributed by atoms with E-state index >= 15 is 0 Å². The summed E-state index contributed by atoms with van der Waals surface area (Å²) in [5, 5.41) is 0.276. The quantitative estimate of drug-likeness (QED) is 0.295. The zero-order valence-electron chi connectivity index (χ0n) is 17.8. The second kappa shape index (κ2) is 9.82. The van der Waals surface area contributed by atoms with E-state index < -0.39 is 11.9 Å². The zero-order valence-corrected chi connectivity index (χ0v) is 17.8. The Morgan fingerprint density at radius 3 is 2.36 bits per heavy atom. The molecule has 1 aromatic heterocycles. The van der Waals surface area contributed by atoms with Crippen molar-refractivity contribution in [1.82, 2.24) is 0 Å². The Kier molecular flexibility index (Phi) is 6.50. The number of esters is 2. The maximum absolute atomic E-state index is 12.8. The van der Waals surface area contributed by atoms with Crippen molar-refractivity contribution in [2.45, 2.75) is 13.3 Å². The van der Waals surface area contributed by atoms with Crippen LogP contribution in [0.15, 0.2) is 88.3 Å². The summed E-state index contributed by atoms with van der Waals surface area (Å²) in [5.74, 6) is -0.236. The summed E-state index contributed by atoms with van der Waals surface area (Å²) in [4.78, 5) is 36.7. The lowest BCUT2D eigenvalue weighted by Gasteiger charge is -2.08. The predicted molar refractivity (Wildman–Crippen MR) is 121 cm³/mol. The molecule has 3 aromatic carbocycles. The molecular formula is C26H20O7. The van der Waals surface area contributed by atoms with E-state index in [1.807, 2.05) is 30.3 Å². The third-order valence-electron chi connectivity index (χ3n) is 4.73. The Morgan fingerprint density at radius 2 is 1.64 bits per heavy atom. The van der Waals surface area contributed by atoms with E-state index in [4.69, 9.17) is 18.6 Å². The van der Waals surface area contributed by atoms with E-state index in [9.17, 15) is 14.4 Å². The summed E-state index contributed by atoms with van der Waals surface area (Å²) in [5.41, 5.74) is 1.10. The van der Waals surface area contributed by atoms with E-state index in [-0.39, 0.29) is 40.9 Å². The molecule has 0 N–H and O–H groups in total. The molecule has 7 heteroatoms. The van der Waals surface area contributed by atoms with Gasteiger partial charge in [-0.1, -0.05) is 30.3 Å². The van der Waals surface area contributed by atoms with Crippen LogP contribution in [0.2, 0.25) is 0 Å². The largest absolute Gasteiger partial charge is 0.462 e. The van der Waals surface area contributed by atoms with Crippen molar-refractivity contribution in [3.8, 4) is 17.2 Å². The minimum absolute atomic E-state index is 0.0137. The van der Waals surface area contributed by atoms with Crippen molar-refractivity contribution < 1.29 is 28.2 Å². The van der Waals surface area contributed by atoms with Crippen LogP contribution in [0.3, 0.4) is 0 Å². The molecule has 4 aromatic rings. The normalized spacial score (nSPS) is 10.6. The van der Waals surface area contributed by atoms with Gasteiger partial charge in [0.15, 0.2) is 0 Å². The lowest BCUT2D eigenvalue weighted by Crippen LogP contribution is -2.11. The smallest absolute Gasteiger partial charge is 0.338 e. The second-order valence-electron chi connectivity index (χ2n) is 7.07. The Hall–Kier alpha value is -4.39. The third kappa shape index (κ3) is 5.27. The first-order valence-electron chi connectivity index (χ1n) is 10.3. The van der Waals surface area contributed by atoms with Crippen molar-refractivity contribution in [2.75, 3.05) is 6.61 Å². The van der Waals surface area contributed by atoms with Crippen LogP contribution in [0.25, 0.3) is 11.0 Å². The van der Waals surface area contributed by atoms with Gasteiger partial charge in [0, 0.05) is 6.07 Å². The fourth-order valence-corrected chi connectivity index (χ4v) is 3.16. The molecule has 7 nitrogen and oxygen atoms in total. The van der Waals surface area contributed by atoms with Gasteiger partial charge in [-0.25, -0.2) is 4.79 Å². The summed E-state index contributed by atoms with van der Waals surface area (Å²) in [6.07, 6.45) is 1.32. The van der Waals surface area contributed by atoms with Gasteiger partial charge in [0.2, 0.25) is 11.2 Å². The van der Waals surface area contributed by atoms with Gasteiger partial charge in [-0.15, -0.1) is 0 Å². The van der Waals surface area contributed by atoms with Gasteiger partial charge in [0.1, 0.15) is 23.3 Å². The first-order chi connectivity index (χ1) is 16.0. The van der Waals surface area contributed by atoms with Crippen LogP contribution in [-0.2, 0) is 16.0 Å². The van der Waals surface area contributed by atoms with Crippen LogP contribution in [-0.4, -0.2) is 18.5 Å². The van der Waals surface area contributed by atoms with E-state index in [1.54, 1.807) is 31.2 Å². The highest BCUT2D eigenvalue weighted by molar-refractivity contribution is 5.89. The van der Waals surface area contributed by atoms with Gasteiger partial charge in [0.05, 0.1) is 24.0 Å². The van der Waals surface area contributed by atoms with Crippen molar-refractivity contribution in [2.24, 2.45) is 0 Å². The molecule has 0 unspecified atom stereocenters. The van der Waals surface area contributed by atoms with Gasteiger partial charge in [-0.05, 0) is 48.9 Å². The van der Waals surface area contributed by atoms with Gasteiger partial charge >= 0.3 is 11.9 Å². The van der Waals surface area contributed by atoms with E-state index in [0.29, 0.717) is 11.3 Å². The van der Waals surface area contributed by atoms with Gasteiger partial charge < -0.3 is 18.6 Å². The lowest BCUT2D eigenvalue weighted by atomic mass is 10.1. The SMILES string of the molecule is CCOC(=O)c1ccc(Oc2coc3cc(OC(=O)Cc4ccccc4)ccc3c2=O)cc1. The molecule has 0 spiro atoms. The highest BCUT2D eigenvalue weighted by Crippen LogP contribution is 2.24. The monoisotopic (exact) mass is 444 g/mol. The molecule has 0 aliphatic heterocycles. The fourth-order valence-electron chi connectivity index (χ4n) is 3.16. The molecule has 0 radical (unpaired) electrons. The predicted octanol–water partition coefficient (Wildman–Crippen LogP) is 4.91. The van der Waals surface area contributed by atoms with Crippen LogP contribution >= 0.6 is 0 Å². The Morgan fingerprint density at radius 1 is 0.909 bits per heavy atom. The average Bonchev–Trinajstić information content (AvgIpc) is 2.82. The molecule has 0 aliphatic carbocycles. The first kappa shape index (κ1) is 21.8. The van der Waals surface area contributed by atoms with Crippen LogP contribution in [0.4, 0.5) is 0 Å². The number of rotatable bonds is 7. The number of fused-ring (bicyclic) bond motifs is 1. The van der Waals surface area contributed by atoms with E-state index in [1.165, 1.54) is 24.5 Å². The standard InChI is InChI=1S/C26H20O7/c1-2-30-26(29)18-8-10-19(11-9-18)32-23-16-31-22-15-20(12-13-21(22)25(23)28)33-24(27)14-17-6-4-3-5-7-17/h3-13,15-16H,2,14H2,1H3. The molecule has 0 atom stereocenters. The fraction of sp³-hybridized carbons (Fsp3) is 0.115. The Bertz CT molecular complexity index is 1340. The van der Waals surface area contributed by atoms with Crippen molar-refractivity contribution in [3.63, 3.8) is 0 Å². The highest BCUT2D eigenvalue weighted by atomic mass is 16.5. The van der Waals surface area contributed by atoms with Crippen LogP contribution in [0.1, 0.15) is 22.8 Å². The van der Waals surface area contributed by atoms with Crippen LogP contribution in [0.5, 0.6) is 17.2 Å². The molecule has 1 heterocycles. The number of hydrogen-bond donors (Lipinski definition) is 0. The molecule has 0 saturated carbocycles. The number of benzene rings is 3. The van der Waals surface area contributed by atoms with Crippen molar-refractivity contribution in [3.05, 3.63) is 100 Å². The zero-order chi connectivity index (χ0) is 23.2. The van der Waals surface area contributed by atoms with Crippen molar-refractivity contribution >= 4 is 22.9 Å². The van der Waals surface area contributed by atoms with Gasteiger partial charge in [-0.2, -0.15) is 0 Å². The van der Waals surface area contributed by atoms with Crippen molar-refractivity contribution in [1.29, 1.82) is 0 Å². The lowest BCUT2D eigenvalue weighted by molar-refractivity contribution is -0.133. The molecule has 0 fully saturated rings. The van der Waals surface area contributed by atoms with Crippen LogP contribution in [0, 0.1) is 0 Å². The summed E-state index contributed by atoms with van der Waals surface area (Å²) < 4.78 is 21.5. The van der Waals surface area contributed by atoms with Gasteiger partial charge in [0.25, 0.3) is 0 Å². The number of carbonyl (C=O) groups is 2. The Balaban J connectivity index is 1.48. The number of ether oxygens (including phenoxy) is 3. The molecule has 33 heavy (non-hydrogen) atoms.